The third-order valence-corrected chi connectivity index (χ3v) is 1.81. The van der Waals surface area contributed by atoms with E-state index in [1.807, 2.05) is 0 Å². The molecule has 15 heavy (non-hydrogen) atoms. The molecule has 0 radical (unpaired) electrons. The first-order valence-electron chi connectivity index (χ1n) is 3.55. The van der Waals surface area contributed by atoms with Crippen LogP contribution in [-0.2, 0) is 29.1 Å². The smallest absolute Gasteiger partial charge is 0.321 e. The molecule has 6 N–H and O–H groups in total. The molecule has 0 aliphatic rings. The summed E-state index contributed by atoms with van der Waals surface area (Å²) in [5, 5.41) is 16.0. The van der Waals surface area contributed by atoms with Crippen LogP contribution in [0.15, 0.2) is 0 Å². The summed E-state index contributed by atoms with van der Waals surface area (Å²) in [5.74, 6) is -1.63. The van der Waals surface area contributed by atoms with E-state index in [1.54, 1.807) is 0 Å². The molecule has 6 nitrogen and oxygen atoms in total. The average Bonchev–Trinajstić information content (AvgIpc) is 2.15. The van der Waals surface area contributed by atoms with Crippen LogP contribution in [-0.4, -0.2) is 45.7 Å². The molecule has 0 aromatic heterocycles. The van der Waals surface area contributed by atoms with Crippen LogP contribution < -0.4 is 11.5 Å². The van der Waals surface area contributed by atoms with Gasteiger partial charge in [0.2, 0.25) is 0 Å². The molecule has 9 heteroatoms. The average molecular weight is 308 g/mol. The molecule has 0 saturated heterocycles. The van der Waals surface area contributed by atoms with Gasteiger partial charge in [0.1, 0.15) is 12.1 Å². The molecule has 0 saturated carbocycles. The van der Waals surface area contributed by atoms with Gasteiger partial charge in [0, 0.05) is 31.0 Å². The van der Waals surface area contributed by atoms with Crippen molar-refractivity contribution in [2.24, 2.45) is 11.5 Å². The summed E-state index contributed by atoms with van der Waals surface area (Å²) in [5.41, 5.74) is 9.88. The number of hydrogen-bond acceptors (Lipinski definition) is 6. The second kappa shape index (κ2) is 12.3. The molecule has 0 spiro atoms. The fraction of sp³-hybridized carbons (Fsp3) is 0.667. The van der Waals surface area contributed by atoms with Crippen LogP contribution in [0, 0.1) is 0 Å². The van der Waals surface area contributed by atoms with Crippen LogP contribution in [0.3, 0.4) is 0 Å². The predicted molar refractivity (Wildman–Crippen MR) is 58.9 cm³/mol. The van der Waals surface area contributed by atoms with E-state index >= 15 is 0 Å². The van der Waals surface area contributed by atoms with Gasteiger partial charge in [0.15, 0.2) is 0 Å². The van der Waals surface area contributed by atoms with E-state index in [0.717, 1.165) is 0 Å². The van der Waals surface area contributed by atoms with Gasteiger partial charge < -0.3 is 21.7 Å². The van der Waals surface area contributed by atoms with E-state index in [0.29, 0.717) is 0 Å². The quantitative estimate of drug-likeness (QED) is 0.282. The van der Waals surface area contributed by atoms with Gasteiger partial charge in [-0.2, -0.15) is 25.3 Å². The second-order valence-corrected chi connectivity index (χ2v) is 2.98. The van der Waals surface area contributed by atoms with E-state index in [-0.39, 0.29) is 31.0 Å². The van der Waals surface area contributed by atoms with Gasteiger partial charge in [0.05, 0.1) is 0 Å². The number of carbonyl (C=O) groups is 2. The van der Waals surface area contributed by atoms with Crippen LogP contribution in [0.1, 0.15) is 0 Å². The molecule has 0 aromatic carbocycles. The Morgan fingerprint density at radius 2 is 1.20 bits per heavy atom. The normalized spacial score (nSPS) is 12.5. The van der Waals surface area contributed by atoms with Crippen molar-refractivity contribution >= 4 is 37.2 Å². The number of carboxylic acids is 2. The molecule has 0 rings (SSSR count). The first-order chi connectivity index (χ1) is 6.36. The summed E-state index contributed by atoms with van der Waals surface area (Å²) in [7, 11) is 0. The fourth-order valence-electron chi connectivity index (χ4n) is 0.156. The predicted octanol–water partition coefficient (Wildman–Crippen LogP) is -1.35. The minimum atomic E-state index is -1.00. The van der Waals surface area contributed by atoms with E-state index in [2.05, 4.69) is 25.3 Å². The maximum Gasteiger partial charge on any atom is 0.321 e. The number of thiol groups is 2. The topological polar surface area (TPSA) is 127 Å². The minimum absolute atomic E-state index is 0. The summed E-state index contributed by atoms with van der Waals surface area (Å²) >= 11 is 7.30. The van der Waals surface area contributed by atoms with Gasteiger partial charge in [-0.05, 0) is 0 Å². The fourth-order valence-corrected chi connectivity index (χ4v) is 0.469. The molecule has 0 bridgehead atoms. The van der Waals surface area contributed by atoms with Crippen molar-refractivity contribution in [2.75, 3.05) is 11.5 Å². The molecule has 0 heterocycles. The molecule has 0 aliphatic carbocycles. The van der Waals surface area contributed by atoms with Crippen molar-refractivity contribution in [3.8, 4) is 0 Å². The molecule has 0 unspecified atom stereocenters. The van der Waals surface area contributed by atoms with Crippen molar-refractivity contribution in [3.63, 3.8) is 0 Å². The van der Waals surface area contributed by atoms with Gasteiger partial charge >= 0.3 is 11.9 Å². The SMILES string of the molecule is N[C@H](CS)C(=O)O.N[C@H](CS)C(=O)O.[Zn]. The summed E-state index contributed by atoms with van der Waals surface area (Å²) in [4.78, 5) is 19.5. The Bertz CT molecular complexity index is 176. The number of rotatable bonds is 4. The number of nitrogens with two attached hydrogens (primary N) is 2. The van der Waals surface area contributed by atoms with Gasteiger partial charge in [-0.3, -0.25) is 9.59 Å². The zero-order chi connectivity index (χ0) is 11.7. The third-order valence-electron chi connectivity index (χ3n) is 1.03. The minimum Gasteiger partial charge on any atom is -0.480 e. The third kappa shape index (κ3) is 14.2. The molecule has 0 aromatic rings. The van der Waals surface area contributed by atoms with E-state index < -0.39 is 24.0 Å². The van der Waals surface area contributed by atoms with Crippen LogP contribution in [0.2, 0.25) is 0 Å². The zero-order valence-electron chi connectivity index (χ0n) is 8.04. The van der Waals surface area contributed by atoms with Crippen LogP contribution >= 0.6 is 25.3 Å². The monoisotopic (exact) mass is 306 g/mol. The van der Waals surface area contributed by atoms with Crippen molar-refractivity contribution < 1.29 is 39.3 Å². The number of aliphatic carboxylic acids is 2. The summed E-state index contributed by atoms with van der Waals surface area (Å²) in [6.07, 6.45) is 0. The maximum absolute atomic E-state index is 9.76. The zero-order valence-corrected chi connectivity index (χ0v) is 12.8. The van der Waals surface area contributed by atoms with Crippen molar-refractivity contribution in [2.45, 2.75) is 12.1 Å². The second-order valence-electron chi connectivity index (χ2n) is 2.25. The van der Waals surface area contributed by atoms with Gasteiger partial charge in [-0.1, -0.05) is 0 Å². The molecule has 0 aliphatic heterocycles. The molecule has 0 fully saturated rings. The standard InChI is InChI=1S/2C3H7NO2S.Zn/c2*4-2(1-7)3(5)6;/h2*2,7H,1,4H2,(H,5,6);/t2*2-;/m11./s1. The Kier molecular flexibility index (Phi) is 16.8. The van der Waals surface area contributed by atoms with Crippen LogP contribution in [0.25, 0.3) is 0 Å². The van der Waals surface area contributed by atoms with Gasteiger partial charge in [0.25, 0.3) is 0 Å². The first kappa shape index (κ1) is 20.6. The molecule has 2 atom stereocenters. The molecule has 86 valence electrons. The van der Waals surface area contributed by atoms with E-state index in [4.69, 9.17) is 21.7 Å². The Morgan fingerprint density at radius 1 is 1.00 bits per heavy atom. The summed E-state index contributed by atoms with van der Waals surface area (Å²) in [6, 6.07) is -1.63. The van der Waals surface area contributed by atoms with Crippen molar-refractivity contribution in [1.82, 2.24) is 0 Å². The Morgan fingerprint density at radius 3 is 1.20 bits per heavy atom. The van der Waals surface area contributed by atoms with Crippen LogP contribution in [0.5, 0.6) is 0 Å². The molecular weight excluding hydrogens is 294 g/mol. The summed E-state index contributed by atoms with van der Waals surface area (Å²) < 4.78 is 0. The van der Waals surface area contributed by atoms with E-state index in [1.165, 1.54) is 0 Å². The Labute approximate surface area is 111 Å². The number of carboxylic acid groups (broad SMARTS) is 2. The Hall–Kier alpha value is 0.183. The molecule has 0 amide bonds. The van der Waals surface area contributed by atoms with Crippen molar-refractivity contribution in [3.05, 3.63) is 0 Å². The first-order valence-corrected chi connectivity index (χ1v) is 4.81. The van der Waals surface area contributed by atoms with E-state index in [9.17, 15) is 9.59 Å². The van der Waals surface area contributed by atoms with Crippen molar-refractivity contribution in [1.29, 1.82) is 0 Å². The van der Waals surface area contributed by atoms with Crippen LogP contribution in [0.4, 0.5) is 0 Å². The molecular formula is C6H14N2O4S2Zn. The largest absolute Gasteiger partial charge is 0.480 e. The number of hydrogen-bond donors (Lipinski definition) is 6. The van der Waals surface area contributed by atoms with Gasteiger partial charge in [-0.15, -0.1) is 0 Å². The van der Waals surface area contributed by atoms with Gasteiger partial charge in [-0.25, -0.2) is 0 Å². The summed E-state index contributed by atoms with van der Waals surface area (Å²) in [6.45, 7) is 0. The Balaban J connectivity index is -0.000000180. The maximum atomic E-state index is 9.76.